The van der Waals surface area contributed by atoms with Gasteiger partial charge in [0.05, 0.1) is 24.6 Å². The van der Waals surface area contributed by atoms with Crippen molar-refractivity contribution in [2.24, 2.45) is 0 Å². The third kappa shape index (κ3) is 5.41. The van der Waals surface area contributed by atoms with Crippen molar-refractivity contribution >= 4 is 11.3 Å². The predicted molar refractivity (Wildman–Crippen MR) is 83.9 cm³/mol. The van der Waals surface area contributed by atoms with E-state index in [1.54, 1.807) is 11.3 Å². The van der Waals surface area contributed by atoms with E-state index in [0.29, 0.717) is 6.61 Å². The molecule has 0 atom stereocenters. The van der Waals surface area contributed by atoms with E-state index in [1.807, 2.05) is 12.1 Å². The first-order chi connectivity index (χ1) is 9.88. The zero-order chi connectivity index (χ0) is 14.0. The van der Waals surface area contributed by atoms with Gasteiger partial charge in [-0.2, -0.15) is 0 Å². The number of thiophene rings is 1. The summed E-state index contributed by atoms with van der Waals surface area (Å²) < 4.78 is 5.70. The van der Waals surface area contributed by atoms with Crippen LogP contribution in [-0.4, -0.2) is 18.1 Å². The molecule has 0 aliphatic rings. The van der Waals surface area contributed by atoms with Crippen LogP contribution in [0, 0.1) is 0 Å². The molecular formula is C16H22N2OS. The van der Waals surface area contributed by atoms with Crippen LogP contribution >= 0.6 is 11.3 Å². The summed E-state index contributed by atoms with van der Waals surface area (Å²) in [6, 6.07) is 10.3. The van der Waals surface area contributed by atoms with Crippen LogP contribution in [-0.2, 0) is 24.3 Å². The van der Waals surface area contributed by atoms with Crippen molar-refractivity contribution in [3.63, 3.8) is 0 Å². The van der Waals surface area contributed by atoms with Crippen molar-refractivity contribution in [3.8, 4) is 0 Å². The first-order valence-corrected chi connectivity index (χ1v) is 8.02. The molecule has 2 heterocycles. The normalized spacial score (nSPS) is 10.8. The fourth-order valence-electron chi connectivity index (χ4n) is 1.91. The number of hydrogen-bond donors (Lipinski definition) is 1. The second-order valence-electron chi connectivity index (χ2n) is 4.68. The molecule has 0 aliphatic heterocycles. The molecule has 20 heavy (non-hydrogen) atoms. The molecule has 0 spiro atoms. The van der Waals surface area contributed by atoms with Gasteiger partial charge >= 0.3 is 0 Å². The zero-order valence-corrected chi connectivity index (χ0v) is 12.8. The Kier molecular flexibility index (Phi) is 6.71. The van der Waals surface area contributed by atoms with Crippen LogP contribution in [0.1, 0.15) is 29.6 Å². The van der Waals surface area contributed by atoms with Crippen molar-refractivity contribution in [3.05, 3.63) is 52.0 Å². The molecule has 0 aromatic carbocycles. The predicted octanol–water partition coefficient (Wildman–Crippen LogP) is 3.40. The van der Waals surface area contributed by atoms with Crippen LogP contribution in [0.3, 0.4) is 0 Å². The van der Waals surface area contributed by atoms with E-state index in [0.717, 1.165) is 43.9 Å². The number of rotatable bonds is 9. The number of pyridine rings is 1. The van der Waals surface area contributed by atoms with E-state index in [1.165, 1.54) is 4.88 Å². The highest BCUT2D eigenvalue weighted by Crippen LogP contribution is 2.09. The summed E-state index contributed by atoms with van der Waals surface area (Å²) >= 11 is 1.78. The molecule has 0 bridgehead atoms. The molecule has 2 aromatic heterocycles. The Bertz CT molecular complexity index is 485. The summed E-state index contributed by atoms with van der Waals surface area (Å²) in [6.07, 6.45) is 2.13. The summed E-state index contributed by atoms with van der Waals surface area (Å²) in [5.41, 5.74) is 2.09. The van der Waals surface area contributed by atoms with E-state index in [2.05, 4.69) is 40.8 Å². The van der Waals surface area contributed by atoms with Gasteiger partial charge in [-0.25, -0.2) is 0 Å². The summed E-state index contributed by atoms with van der Waals surface area (Å²) in [5, 5.41) is 5.46. The third-order valence-corrected chi connectivity index (χ3v) is 3.86. The molecule has 2 aromatic rings. The lowest BCUT2D eigenvalue weighted by Gasteiger charge is -2.06. The van der Waals surface area contributed by atoms with Gasteiger partial charge in [0.15, 0.2) is 0 Å². The van der Waals surface area contributed by atoms with Gasteiger partial charge in [-0.15, -0.1) is 11.3 Å². The lowest BCUT2D eigenvalue weighted by Crippen LogP contribution is -2.15. The third-order valence-electron chi connectivity index (χ3n) is 2.92. The van der Waals surface area contributed by atoms with E-state index < -0.39 is 0 Å². The maximum absolute atomic E-state index is 5.70. The minimum Gasteiger partial charge on any atom is -0.375 e. The van der Waals surface area contributed by atoms with Crippen LogP contribution in [0.25, 0.3) is 0 Å². The first-order valence-electron chi connectivity index (χ1n) is 7.14. The number of hydrogen-bond acceptors (Lipinski definition) is 4. The van der Waals surface area contributed by atoms with Crippen LogP contribution in [0.4, 0.5) is 0 Å². The number of nitrogens with zero attached hydrogens (tertiary/aromatic N) is 1. The largest absolute Gasteiger partial charge is 0.375 e. The molecule has 0 radical (unpaired) electrons. The van der Waals surface area contributed by atoms with Crippen molar-refractivity contribution in [2.75, 3.05) is 13.2 Å². The molecule has 108 valence electrons. The Labute approximate surface area is 125 Å². The Morgan fingerprint density at radius 1 is 1.20 bits per heavy atom. The maximum atomic E-state index is 5.70. The molecule has 2 rings (SSSR count). The fourth-order valence-corrected chi connectivity index (χ4v) is 2.60. The summed E-state index contributed by atoms with van der Waals surface area (Å²) in [7, 11) is 0. The molecule has 4 heteroatoms. The number of aromatic nitrogens is 1. The standard InChI is InChI=1S/C16H22N2OS/c1-2-9-17-12-14-5-3-6-15(18-14)13-19-10-8-16-7-4-11-20-16/h3-7,11,17H,2,8-10,12-13H2,1H3. The van der Waals surface area contributed by atoms with E-state index in [-0.39, 0.29) is 0 Å². The second-order valence-corrected chi connectivity index (χ2v) is 5.71. The summed E-state index contributed by atoms with van der Waals surface area (Å²) in [6.45, 7) is 5.37. The SMILES string of the molecule is CCCNCc1cccc(COCCc2cccs2)n1. The van der Waals surface area contributed by atoms with Crippen molar-refractivity contribution < 1.29 is 4.74 Å². The van der Waals surface area contributed by atoms with Crippen LogP contribution in [0.2, 0.25) is 0 Å². The molecular weight excluding hydrogens is 268 g/mol. The zero-order valence-electron chi connectivity index (χ0n) is 12.0. The summed E-state index contributed by atoms with van der Waals surface area (Å²) in [5.74, 6) is 0. The smallest absolute Gasteiger partial charge is 0.0888 e. The Morgan fingerprint density at radius 2 is 2.10 bits per heavy atom. The fraction of sp³-hybridized carbons (Fsp3) is 0.438. The first kappa shape index (κ1) is 15.2. The van der Waals surface area contributed by atoms with Gasteiger partial charge in [-0.1, -0.05) is 19.1 Å². The monoisotopic (exact) mass is 290 g/mol. The van der Waals surface area contributed by atoms with Crippen LogP contribution in [0.15, 0.2) is 35.7 Å². The van der Waals surface area contributed by atoms with Gasteiger partial charge in [-0.05, 0) is 36.5 Å². The topological polar surface area (TPSA) is 34.1 Å². The highest BCUT2D eigenvalue weighted by molar-refractivity contribution is 7.09. The molecule has 0 unspecified atom stereocenters. The lowest BCUT2D eigenvalue weighted by atomic mass is 10.3. The molecule has 0 fully saturated rings. The molecule has 0 amide bonds. The van der Waals surface area contributed by atoms with E-state index in [9.17, 15) is 0 Å². The minimum atomic E-state index is 0.590. The molecule has 0 saturated carbocycles. The van der Waals surface area contributed by atoms with Gasteiger partial charge in [0, 0.05) is 17.8 Å². The Morgan fingerprint density at radius 3 is 2.90 bits per heavy atom. The van der Waals surface area contributed by atoms with Crippen LogP contribution in [0.5, 0.6) is 0 Å². The molecule has 3 nitrogen and oxygen atoms in total. The number of nitrogens with one attached hydrogen (secondary N) is 1. The van der Waals surface area contributed by atoms with Crippen molar-refractivity contribution in [1.29, 1.82) is 0 Å². The van der Waals surface area contributed by atoms with Gasteiger partial charge in [0.1, 0.15) is 0 Å². The van der Waals surface area contributed by atoms with Gasteiger partial charge in [-0.3, -0.25) is 4.98 Å². The van der Waals surface area contributed by atoms with Gasteiger partial charge in [0.2, 0.25) is 0 Å². The maximum Gasteiger partial charge on any atom is 0.0888 e. The average molecular weight is 290 g/mol. The van der Waals surface area contributed by atoms with Crippen molar-refractivity contribution in [2.45, 2.75) is 32.9 Å². The lowest BCUT2D eigenvalue weighted by molar-refractivity contribution is 0.121. The summed E-state index contributed by atoms with van der Waals surface area (Å²) in [4.78, 5) is 5.97. The quantitative estimate of drug-likeness (QED) is 0.719. The molecule has 1 N–H and O–H groups in total. The molecule has 0 aliphatic carbocycles. The Hall–Kier alpha value is -1.23. The second kappa shape index (κ2) is 8.84. The van der Waals surface area contributed by atoms with Gasteiger partial charge in [0.25, 0.3) is 0 Å². The minimum absolute atomic E-state index is 0.590. The van der Waals surface area contributed by atoms with E-state index in [4.69, 9.17) is 4.74 Å². The van der Waals surface area contributed by atoms with Crippen LogP contribution < -0.4 is 5.32 Å². The highest BCUT2D eigenvalue weighted by atomic mass is 32.1. The Balaban J connectivity index is 1.70. The average Bonchev–Trinajstić information content (AvgIpc) is 2.98. The van der Waals surface area contributed by atoms with Gasteiger partial charge < -0.3 is 10.1 Å². The van der Waals surface area contributed by atoms with E-state index >= 15 is 0 Å². The van der Waals surface area contributed by atoms with Crippen molar-refractivity contribution in [1.82, 2.24) is 10.3 Å². The molecule has 0 saturated heterocycles. The number of ether oxygens (including phenoxy) is 1. The highest BCUT2D eigenvalue weighted by Gasteiger charge is 1.99.